The number of sulfonamides is 1. The quantitative estimate of drug-likeness (QED) is 0.543. The number of hydrazone groups is 1. The Kier molecular flexibility index (Phi) is 4.69. The first kappa shape index (κ1) is 16.9. The van der Waals surface area contributed by atoms with Crippen molar-refractivity contribution in [3.8, 4) is 5.75 Å². The van der Waals surface area contributed by atoms with Gasteiger partial charge < -0.3 is 4.74 Å². The third-order valence-electron chi connectivity index (χ3n) is 3.72. The van der Waals surface area contributed by atoms with E-state index in [0.29, 0.717) is 11.4 Å². The highest BCUT2D eigenvalue weighted by Gasteiger charge is 2.07. The van der Waals surface area contributed by atoms with E-state index in [-0.39, 0.29) is 4.90 Å². The summed E-state index contributed by atoms with van der Waals surface area (Å²) < 4.78 is 27.9. The van der Waals surface area contributed by atoms with E-state index in [0.717, 1.165) is 16.3 Å². The molecule has 0 saturated heterocycles. The lowest BCUT2D eigenvalue weighted by molar-refractivity contribution is 0.415. The van der Waals surface area contributed by atoms with Gasteiger partial charge in [0.15, 0.2) is 0 Å². The summed E-state index contributed by atoms with van der Waals surface area (Å²) in [4.78, 5) is 0.0535. The number of fused-ring (bicyclic) bond motifs is 1. The maximum atomic E-state index is 11.3. The molecule has 7 heteroatoms. The number of nitrogens with one attached hydrogen (secondary N) is 1. The molecule has 0 aliphatic heterocycles. The zero-order valence-corrected chi connectivity index (χ0v) is 14.3. The van der Waals surface area contributed by atoms with E-state index >= 15 is 0 Å². The van der Waals surface area contributed by atoms with Gasteiger partial charge in [-0.3, -0.25) is 5.43 Å². The van der Waals surface area contributed by atoms with Gasteiger partial charge in [-0.05, 0) is 41.1 Å². The highest BCUT2D eigenvalue weighted by atomic mass is 32.2. The molecule has 0 aliphatic carbocycles. The first-order chi connectivity index (χ1) is 12.0. The first-order valence-electron chi connectivity index (χ1n) is 7.47. The van der Waals surface area contributed by atoms with Gasteiger partial charge in [-0.1, -0.05) is 30.3 Å². The number of rotatable bonds is 5. The van der Waals surface area contributed by atoms with Crippen molar-refractivity contribution in [3.05, 3.63) is 66.2 Å². The summed E-state index contributed by atoms with van der Waals surface area (Å²) in [7, 11) is -2.09. The molecule has 0 bridgehead atoms. The zero-order valence-electron chi connectivity index (χ0n) is 13.5. The molecular weight excluding hydrogens is 338 g/mol. The van der Waals surface area contributed by atoms with E-state index in [1.165, 1.54) is 12.1 Å². The Balaban J connectivity index is 1.86. The molecule has 0 aliphatic rings. The number of benzene rings is 3. The molecule has 0 amide bonds. The van der Waals surface area contributed by atoms with Crippen LogP contribution in [-0.2, 0) is 10.0 Å². The van der Waals surface area contributed by atoms with Crippen molar-refractivity contribution in [2.75, 3.05) is 12.5 Å². The van der Waals surface area contributed by atoms with Crippen molar-refractivity contribution in [2.45, 2.75) is 4.90 Å². The minimum Gasteiger partial charge on any atom is -0.496 e. The Morgan fingerprint density at radius 2 is 1.76 bits per heavy atom. The predicted octanol–water partition coefficient (Wildman–Crippen LogP) is 2.94. The lowest BCUT2D eigenvalue weighted by atomic mass is 10.0. The second-order valence-corrected chi connectivity index (χ2v) is 6.90. The van der Waals surface area contributed by atoms with Crippen molar-refractivity contribution >= 4 is 32.7 Å². The molecular formula is C18H17N3O3S. The fraction of sp³-hybridized carbons (Fsp3) is 0.0556. The van der Waals surface area contributed by atoms with Gasteiger partial charge in [-0.2, -0.15) is 5.10 Å². The van der Waals surface area contributed by atoms with Crippen LogP contribution in [-0.4, -0.2) is 21.7 Å². The summed E-state index contributed by atoms with van der Waals surface area (Å²) >= 11 is 0. The van der Waals surface area contributed by atoms with Crippen LogP contribution in [0, 0.1) is 0 Å². The molecule has 3 rings (SSSR count). The summed E-state index contributed by atoms with van der Waals surface area (Å²) in [5.74, 6) is 0.717. The highest BCUT2D eigenvalue weighted by molar-refractivity contribution is 7.89. The number of hydrogen-bond acceptors (Lipinski definition) is 5. The minimum absolute atomic E-state index is 0.0535. The molecule has 0 unspecified atom stereocenters. The monoisotopic (exact) mass is 355 g/mol. The smallest absolute Gasteiger partial charge is 0.238 e. The maximum Gasteiger partial charge on any atom is 0.238 e. The van der Waals surface area contributed by atoms with E-state index in [2.05, 4.69) is 10.5 Å². The summed E-state index contributed by atoms with van der Waals surface area (Å²) in [5.41, 5.74) is 4.36. The number of nitrogens with two attached hydrogens (primary N) is 1. The molecule has 0 saturated carbocycles. The number of ether oxygens (including phenoxy) is 1. The van der Waals surface area contributed by atoms with Gasteiger partial charge in [-0.15, -0.1) is 0 Å². The van der Waals surface area contributed by atoms with Gasteiger partial charge in [0.2, 0.25) is 10.0 Å². The summed E-state index contributed by atoms with van der Waals surface area (Å²) in [6.45, 7) is 0. The Morgan fingerprint density at radius 3 is 2.44 bits per heavy atom. The molecule has 3 N–H and O–H groups in total. The largest absolute Gasteiger partial charge is 0.496 e. The second kappa shape index (κ2) is 6.92. The van der Waals surface area contributed by atoms with Gasteiger partial charge >= 0.3 is 0 Å². The van der Waals surface area contributed by atoms with Gasteiger partial charge in [0, 0.05) is 5.56 Å². The fourth-order valence-electron chi connectivity index (χ4n) is 2.48. The summed E-state index contributed by atoms with van der Waals surface area (Å²) in [6, 6.07) is 17.9. The third-order valence-corrected chi connectivity index (χ3v) is 4.65. The molecule has 0 fully saturated rings. The van der Waals surface area contributed by atoms with Gasteiger partial charge in [0.05, 0.1) is 23.9 Å². The van der Waals surface area contributed by atoms with Crippen LogP contribution in [0.4, 0.5) is 5.69 Å². The molecule has 0 heterocycles. The van der Waals surface area contributed by atoms with E-state index in [9.17, 15) is 8.42 Å². The van der Waals surface area contributed by atoms with Gasteiger partial charge in [-0.25, -0.2) is 13.6 Å². The average molecular weight is 355 g/mol. The summed E-state index contributed by atoms with van der Waals surface area (Å²) in [6.07, 6.45) is 1.68. The molecule has 3 aromatic carbocycles. The molecule has 0 atom stereocenters. The van der Waals surface area contributed by atoms with Crippen LogP contribution in [0.1, 0.15) is 5.56 Å². The first-order valence-corrected chi connectivity index (χ1v) is 9.01. The van der Waals surface area contributed by atoms with Crippen molar-refractivity contribution in [1.82, 2.24) is 0 Å². The van der Waals surface area contributed by atoms with Crippen LogP contribution >= 0.6 is 0 Å². The third kappa shape index (κ3) is 3.78. The van der Waals surface area contributed by atoms with E-state index in [1.54, 1.807) is 25.5 Å². The lowest BCUT2D eigenvalue weighted by Crippen LogP contribution is -2.11. The van der Waals surface area contributed by atoms with Crippen molar-refractivity contribution in [3.63, 3.8) is 0 Å². The Labute approximate surface area is 146 Å². The molecule has 3 aromatic rings. The zero-order chi connectivity index (χ0) is 17.9. The molecule has 6 nitrogen and oxygen atoms in total. The van der Waals surface area contributed by atoms with Crippen LogP contribution < -0.4 is 15.3 Å². The van der Waals surface area contributed by atoms with E-state index in [1.807, 2.05) is 36.4 Å². The van der Waals surface area contributed by atoms with Crippen LogP contribution in [0.2, 0.25) is 0 Å². The molecule has 0 radical (unpaired) electrons. The van der Waals surface area contributed by atoms with Crippen molar-refractivity contribution < 1.29 is 13.2 Å². The normalized spacial score (nSPS) is 11.8. The van der Waals surface area contributed by atoms with Crippen molar-refractivity contribution in [1.29, 1.82) is 0 Å². The van der Waals surface area contributed by atoms with Gasteiger partial charge in [0.25, 0.3) is 0 Å². The fourth-order valence-corrected chi connectivity index (χ4v) is 2.99. The standard InChI is InChI=1S/C18H17N3O3S/c1-24-18-11-6-13-4-2-3-5-16(13)17(18)12-20-21-14-7-9-15(10-8-14)25(19,22)23/h2-12,21H,1H3,(H2,19,22,23). The van der Waals surface area contributed by atoms with Crippen LogP contribution in [0.5, 0.6) is 5.75 Å². The van der Waals surface area contributed by atoms with Crippen LogP contribution in [0.3, 0.4) is 0 Å². The average Bonchev–Trinajstić information content (AvgIpc) is 2.61. The number of anilines is 1. The number of primary sulfonamides is 1. The minimum atomic E-state index is -3.70. The Hall–Kier alpha value is -2.90. The predicted molar refractivity (Wildman–Crippen MR) is 99.5 cm³/mol. The lowest BCUT2D eigenvalue weighted by Gasteiger charge is -2.08. The number of hydrogen-bond donors (Lipinski definition) is 2. The Bertz CT molecular complexity index is 1030. The van der Waals surface area contributed by atoms with E-state index < -0.39 is 10.0 Å². The topological polar surface area (TPSA) is 93.8 Å². The van der Waals surface area contributed by atoms with Crippen molar-refractivity contribution in [2.24, 2.45) is 10.2 Å². The molecule has 128 valence electrons. The molecule has 25 heavy (non-hydrogen) atoms. The number of methoxy groups -OCH3 is 1. The van der Waals surface area contributed by atoms with E-state index in [4.69, 9.17) is 9.88 Å². The van der Waals surface area contributed by atoms with Gasteiger partial charge in [0.1, 0.15) is 5.75 Å². The summed E-state index contributed by atoms with van der Waals surface area (Å²) in [5, 5.41) is 11.4. The maximum absolute atomic E-state index is 11.3. The highest BCUT2D eigenvalue weighted by Crippen LogP contribution is 2.26. The SMILES string of the molecule is COc1ccc2ccccc2c1C=NNc1ccc(S(N)(=O)=O)cc1. The number of nitrogens with zero attached hydrogens (tertiary/aromatic N) is 1. The Morgan fingerprint density at radius 1 is 1.04 bits per heavy atom. The molecule has 0 spiro atoms. The van der Waals surface area contributed by atoms with Crippen LogP contribution in [0.15, 0.2) is 70.7 Å². The molecule has 0 aromatic heterocycles. The second-order valence-electron chi connectivity index (χ2n) is 5.34. The van der Waals surface area contributed by atoms with Crippen LogP contribution in [0.25, 0.3) is 10.8 Å².